The molecule has 0 bridgehead atoms. The van der Waals surface area contributed by atoms with Crippen molar-refractivity contribution in [1.29, 1.82) is 0 Å². The van der Waals surface area contributed by atoms with E-state index in [0.29, 0.717) is 15.6 Å². The monoisotopic (exact) mass is 404 g/mol. The molecule has 0 aliphatic heterocycles. The number of hydrogen-bond acceptors (Lipinski definition) is 0. The molecule has 0 unspecified atom stereocenters. The van der Waals surface area contributed by atoms with E-state index in [9.17, 15) is 13.2 Å². The fraction of sp³-hybridized carbons (Fsp3) is 0.0476. The molecule has 3 aromatic rings. The van der Waals surface area contributed by atoms with E-state index in [0.717, 1.165) is 11.1 Å². The zero-order valence-electron chi connectivity index (χ0n) is 13.2. The summed E-state index contributed by atoms with van der Waals surface area (Å²) in [6, 6.07) is 27.4. The van der Waals surface area contributed by atoms with Crippen molar-refractivity contribution in [3.8, 4) is 0 Å². The molecule has 4 heteroatoms. The van der Waals surface area contributed by atoms with E-state index < -0.39 is 20.0 Å². The molecule has 0 fully saturated rings. The molecule has 0 aliphatic carbocycles. The van der Waals surface area contributed by atoms with Crippen LogP contribution in [0.5, 0.6) is 0 Å². The summed E-state index contributed by atoms with van der Waals surface area (Å²) in [6.07, 6.45) is 0. The number of halogens is 3. The van der Waals surface area contributed by atoms with Crippen molar-refractivity contribution in [3.63, 3.8) is 0 Å². The molecule has 0 N–H and O–H groups in total. The van der Waals surface area contributed by atoms with Crippen LogP contribution in [0.4, 0.5) is 13.2 Å². The molecule has 0 saturated heterocycles. The first kappa shape index (κ1) is 17.5. The van der Waals surface area contributed by atoms with Crippen molar-refractivity contribution in [1.82, 2.24) is 0 Å². The second kappa shape index (κ2) is 7.73. The van der Waals surface area contributed by atoms with Crippen LogP contribution in [0.2, 0.25) is 0 Å². The molecular weight excluding hydrogens is 388 g/mol. The average Bonchev–Trinajstić information content (AvgIpc) is 2.63. The zero-order valence-corrected chi connectivity index (χ0v) is 14.9. The first-order valence-electron chi connectivity index (χ1n) is 7.71. The zero-order chi connectivity index (χ0) is 17.7. The Morgan fingerprint density at radius 3 is 1.28 bits per heavy atom. The predicted molar refractivity (Wildman–Crippen MR) is 97.1 cm³/mol. The number of rotatable bonds is 4. The van der Waals surface area contributed by atoms with Crippen LogP contribution in [0.25, 0.3) is 10.0 Å². The van der Waals surface area contributed by atoms with Crippen LogP contribution in [0.15, 0.2) is 91.0 Å². The standard InChI is InChI=1S/C21H15F3Se/c22-21(23,24)25-20(18-14-8-3-9-15-18)19(16-10-4-1-5-11-16)17-12-6-2-7-13-17/h1-15H. The Balaban J connectivity index is 2.30. The van der Waals surface area contributed by atoms with Crippen molar-refractivity contribution < 1.29 is 13.2 Å². The number of hydrogen-bond donors (Lipinski definition) is 0. The van der Waals surface area contributed by atoms with Crippen molar-refractivity contribution >= 4 is 25.0 Å². The maximum absolute atomic E-state index is 13.4. The Labute approximate surface area is 151 Å². The number of benzene rings is 3. The second-order valence-electron chi connectivity index (χ2n) is 5.35. The third-order valence-corrected chi connectivity index (χ3v) is 5.44. The third kappa shape index (κ3) is 4.62. The summed E-state index contributed by atoms with van der Waals surface area (Å²) in [5, 5.41) is -4.23. The van der Waals surface area contributed by atoms with Gasteiger partial charge < -0.3 is 0 Å². The minimum absolute atomic E-state index is 0.345. The first-order valence-corrected chi connectivity index (χ1v) is 9.42. The van der Waals surface area contributed by atoms with Gasteiger partial charge in [-0.3, -0.25) is 0 Å². The summed E-state index contributed by atoms with van der Waals surface area (Å²) in [5.41, 5.74) is 2.84. The average molecular weight is 403 g/mol. The second-order valence-corrected chi connectivity index (χ2v) is 7.61. The van der Waals surface area contributed by atoms with Crippen molar-refractivity contribution in [2.75, 3.05) is 0 Å². The Morgan fingerprint density at radius 1 is 0.560 bits per heavy atom. The van der Waals surface area contributed by atoms with Crippen molar-refractivity contribution in [2.24, 2.45) is 0 Å². The van der Waals surface area contributed by atoms with Gasteiger partial charge in [0.15, 0.2) is 0 Å². The molecule has 126 valence electrons. The molecule has 0 spiro atoms. The normalized spacial score (nSPS) is 11.2. The Kier molecular flexibility index (Phi) is 5.42. The van der Waals surface area contributed by atoms with Crippen LogP contribution in [0.1, 0.15) is 16.7 Å². The summed E-state index contributed by atoms with van der Waals surface area (Å²) in [6.45, 7) is 0. The summed E-state index contributed by atoms with van der Waals surface area (Å²) in [5.74, 6) is 0. The van der Waals surface area contributed by atoms with Gasteiger partial charge in [-0.25, -0.2) is 0 Å². The third-order valence-electron chi connectivity index (χ3n) is 3.61. The van der Waals surface area contributed by atoms with Gasteiger partial charge >= 0.3 is 151 Å². The fourth-order valence-corrected chi connectivity index (χ4v) is 4.33. The Bertz CT molecular complexity index is 797. The van der Waals surface area contributed by atoms with Gasteiger partial charge in [0.05, 0.1) is 0 Å². The van der Waals surface area contributed by atoms with E-state index in [2.05, 4.69) is 0 Å². The molecule has 3 aromatic carbocycles. The molecule has 0 amide bonds. The van der Waals surface area contributed by atoms with Crippen LogP contribution >= 0.6 is 0 Å². The quantitative estimate of drug-likeness (QED) is 0.380. The van der Waals surface area contributed by atoms with E-state index in [1.54, 1.807) is 24.3 Å². The Morgan fingerprint density at radius 2 is 0.920 bits per heavy atom. The van der Waals surface area contributed by atoms with Gasteiger partial charge in [0, 0.05) is 0 Å². The van der Waals surface area contributed by atoms with E-state index in [4.69, 9.17) is 0 Å². The van der Waals surface area contributed by atoms with Gasteiger partial charge in [0.2, 0.25) is 0 Å². The van der Waals surface area contributed by atoms with Crippen LogP contribution in [-0.2, 0) is 0 Å². The van der Waals surface area contributed by atoms with Crippen LogP contribution in [0.3, 0.4) is 0 Å². The summed E-state index contributed by atoms with van der Waals surface area (Å²) < 4.78 is 40.5. The summed E-state index contributed by atoms with van der Waals surface area (Å²) >= 11 is -1.66. The molecule has 25 heavy (non-hydrogen) atoms. The van der Waals surface area contributed by atoms with Crippen molar-refractivity contribution in [3.05, 3.63) is 108 Å². The van der Waals surface area contributed by atoms with Gasteiger partial charge in [0.1, 0.15) is 0 Å². The van der Waals surface area contributed by atoms with Crippen molar-refractivity contribution in [2.45, 2.75) is 5.07 Å². The minimum atomic E-state index is -4.23. The summed E-state index contributed by atoms with van der Waals surface area (Å²) in [4.78, 5) is 0. The molecule has 0 saturated carbocycles. The maximum atomic E-state index is 13.4. The van der Waals surface area contributed by atoms with Gasteiger partial charge in [-0.2, -0.15) is 0 Å². The van der Waals surface area contributed by atoms with Crippen LogP contribution < -0.4 is 0 Å². The van der Waals surface area contributed by atoms with E-state index in [1.807, 2.05) is 66.7 Å². The molecule has 0 nitrogen and oxygen atoms in total. The SMILES string of the molecule is FC(F)(F)[Se]C(=C(c1ccccc1)c1ccccc1)c1ccccc1. The molecule has 0 aliphatic rings. The molecule has 3 rings (SSSR count). The predicted octanol–water partition coefficient (Wildman–Crippen LogP) is 5.83. The van der Waals surface area contributed by atoms with Gasteiger partial charge in [-0.15, -0.1) is 0 Å². The molecule has 0 atom stereocenters. The molecule has 0 aromatic heterocycles. The topological polar surface area (TPSA) is 0 Å². The van der Waals surface area contributed by atoms with E-state index >= 15 is 0 Å². The Hall–Kier alpha value is -2.29. The van der Waals surface area contributed by atoms with E-state index in [-0.39, 0.29) is 0 Å². The molecule has 0 radical (unpaired) electrons. The van der Waals surface area contributed by atoms with Gasteiger partial charge in [0.25, 0.3) is 0 Å². The number of alkyl halides is 3. The fourth-order valence-electron chi connectivity index (χ4n) is 2.60. The summed E-state index contributed by atoms with van der Waals surface area (Å²) in [7, 11) is 0. The van der Waals surface area contributed by atoms with Gasteiger partial charge in [-0.1, -0.05) is 0 Å². The first-order chi connectivity index (χ1) is 12.0. The molecule has 0 heterocycles. The van der Waals surface area contributed by atoms with E-state index in [1.165, 1.54) is 0 Å². The van der Waals surface area contributed by atoms with Gasteiger partial charge in [-0.05, 0) is 0 Å². The molecular formula is C21H15F3Se. The van der Waals surface area contributed by atoms with Crippen LogP contribution in [-0.4, -0.2) is 20.0 Å². The van der Waals surface area contributed by atoms with Crippen LogP contribution in [0, 0.1) is 0 Å².